The minimum atomic E-state index is 0.375. The minimum Gasteiger partial charge on any atom is -0.381 e. The predicted molar refractivity (Wildman–Crippen MR) is 135 cm³/mol. The second-order valence-electron chi connectivity index (χ2n) is 11.7. The van der Waals surface area contributed by atoms with E-state index in [0.717, 1.165) is 37.1 Å². The number of hydrogen-bond acceptors (Lipinski definition) is 2. The molecule has 0 saturated heterocycles. The van der Waals surface area contributed by atoms with E-state index in [0.29, 0.717) is 11.5 Å². The Hall–Kier alpha value is -1.44. The zero-order chi connectivity index (χ0) is 22.2. The van der Waals surface area contributed by atoms with Crippen molar-refractivity contribution in [3.63, 3.8) is 0 Å². The van der Waals surface area contributed by atoms with Crippen LogP contribution in [0.25, 0.3) is 0 Å². The fourth-order valence-electron chi connectivity index (χ4n) is 6.33. The van der Waals surface area contributed by atoms with Crippen molar-refractivity contribution in [1.82, 2.24) is 4.90 Å². The van der Waals surface area contributed by atoms with E-state index in [1.165, 1.54) is 56.3 Å². The molecular formula is C29H46N2. The van der Waals surface area contributed by atoms with Crippen molar-refractivity contribution < 1.29 is 0 Å². The van der Waals surface area contributed by atoms with Gasteiger partial charge in [0.15, 0.2) is 0 Å². The maximum absolute atomic E-state index is 4.07. The molecule has 0 aromatic heterocycles. The van der Waals surface area contributed by atoms with E-state index in [-0.39, 0.29) is 0 Å². The smallest absolute Gasteiger partial charge is 0.0411 e. The molecule has 2 aliphatic carbocycles. The van der Waals surface area contributed by atoms with Gasteiger partial charge in [-0.25, -0.2) is 0 Å². The van der Waals surface area contributed by atoms with Gasteiger partial charge in [-0.2, -0.15) is 0 Å². The van der Waals surface area contributed by atoms with Gasteiger partial charge in [-0.05, 0) is 85.3 Å². The van der Waals surface area contributed by atoms with E-state index in [4.69, 9.17) is 0 Å². The molecule has 1 saturated carbocycles. The van der Waals surface area contributed by atoms with E-state index in [9.17, 15) is 0 Å². The SMILES string of the molecule is CCc1ccc2c3c1N[C@H](C3)C(CC)C(CC(C)(C)C)C/C=C(\N(CC)CC1CC1)C2. The largest absolute Gasteiger partial charge is 0.381 e. The number of aryl methyl sites for hydroxylation is 1. The summed E-state index contributed by atoms with van der Waals surface area (Å²) in [6.45, 7) is 16.8. The third-order valence-corrected chi connectivity index (χ3v) is 8.09. The first-order valence-corrected chi connectivity index (χ1v) is 13.2. The molecule has 1 aromatic rings. The molecule has 0 spiro atoms. The average molecular weight is 423 g/mol. The van der Waals surface area contributed by atoms with E-state index >= 15 is 0 Å². The Morgan fingerprint density at radius 1 is 1.10 bits per heavy atom. The number of nitrogens with zero attached hydrogens (tertiary/aromatic N) is 1. The lowest BCUT2D eigenvalue weighted by atomic mass is 9.72. The zero-order valence-corrected chi connectivity index (χ0v) is 21.1. The molecule has 0 amide bonds. The second kappa shape index (κ2) is 9.20. The third-order valence-electron chi connectivity index (χ3n) is 8.09. The fourth-order valence-corrected chi connectivity index (χ4v) is 6.33. The number of fused-ring (bicyclic) bond motifs is 1. The normalized spacial score (nSPS) is 27.4. The van der Waals surface area contributed by atoms with Gasteiger partial charge < -0.3 is 10.2 Å². The van der Waals surface area contributed by atoms with Gasteiger partial charge in [-0.1, -0.05) is 59.2 Å². The number of benzene rings is 1. The van der Waals surface area contributed by atoms with Crippen LogP contribution in [0.2, 0.25) is 0 Å². The third kappa shape index (κ3) is 5.15. The molecule has 0 radical (unpaired) electrons. The molecule has 1 aliphatic heterocycles. The standard InChI is InChI=1S/C29H46N2/c1-7-21-12-13-22-16-24(31(9-3)19-20-10-11-20)15-14-23(18-29(4,5)6)25(8-2)27-17-26(22)28(21)30-27/h12-13,15,20,23,25,27,30H,7-11,14,16-19H2,1-6H3/b24-15-/t23?,25?,27-/m1/s1. The van der Waals surface area contributed by atoms with Gasteiger partial charge in [0.25, 0.3) is 0 Å². The van der Waals surface area contributed by atoms with Crippen molar-refractivity contribution in [2.24, 2.45) is 23.2 Å². The van der Waals surface area contributed by atoms with Crippen LogP contribution in [0.5, 0.6) is 0 Å². The molecule has 31 heavy (non-hydrogen) atoms. The van der Waals surface area contributed by atoms with Crippen LogP contribution in [0.4, 0.5) is 5.69 Å². The zero-order valence-electron chi connectivity index (χ0n) is 21.1. The fraction of sp³-hybridized carbons (Fsp3) is 0.724. The summed E-state index contributed by atoms with van der Waals surface area (Å²) in [5.74, 6) is 2.42. The molecule has 2 bridgehead atoms. The molecule has 2 unspecified atom stereocenters. The topological polar surface area (TPSA) is 15.3 Å². The number of likely N-dealkylation sites (N-methyl/N-ethyl adjacent to an activating group) is 1. The summed E-state index contributed by atoms with van der Waals surface area (Å²) >= 11 is 0. The highest BCUT2D eigenvalue weighted by atomic mass is 15.1. The number of hydrogen-bond donors (Lipinski definition) is 1. The van der Waals surface area contributed by atoms with Gasteiger partial charge in [-0.3, -0.25) is 0 Å². The Morgan fingerprint density at radius 3 is 2.48 bits per heavy atom. The summed E-state index contributed by atoms with van der Waals surface area (Å²) in [4.78, 5) is 2.72. The van der Waals surface area contributed by atoms with Gasteiger partial charge in [0, 0.05) is 36.9 Å². The van der Waals surface area contributed by atoms with Crippen molar-refractivity contribution in [3.05, 3.63) is 40.6 Å². The van der Waals surface area contributed by atoms with E-state index in [2.05, 4.69) is 70.0 Å². The Bertz CT molecular complexity index is 796. The predicted octanol–water partition coefficient (Wildman–Crippen LogP) is 7.23. The second-order valence-corrected chi connectivity index (χ2v) is 11.7. The van der Waals surface area contributed by atoms with Crippen LogP contribution in [0.15, 0.2) is 23.9 Å². The Morgan fingerprint density at radius 2 is 1.87 bits per heavy atom. The monoisotopic (exact) mass is 422 g/mol. The van der Waals surface area contributed by atoms with Crippen molar-refractivity contribution in [3.8, 4) is 0 Å². The molecule has 1 aromatic carbocycles. The molecule has 4 rings (SSSR count). The van der Waals surface area contributed by atoms with Crippen LogP contribution >= 0.6 is 0 Å². The molecule has 1 heterocycles. The van der Waals surface area contributed by atoms with Gasteiger partial charge in [-0.15, -0.1) is 0 Å². The highest BCUT2D eigenvalue weighted by Gasteiger charge is 2.37. The maximum atomic E-state index is 4.07. The first-order valence-electron chi connectivity index (χ1n) is 13.2. The van der Waals surface area contributed by atoms with Crippen molar-refractivity contribution in [1.29, 1.82) is 0 Å². The van der Waals surface area contributed by atoms with E-state index < -0.39 is 0 Å². The molecule has 1 fully saturated rings. The maximum Gasteiger partial charge on any atom is 0.0411 e. The number of allylic oxidation sites excluding steroid dienone is 2. The van der Waals surface area contributed by atoms with Crippen LogP contribution in [0.3, 0.4) is 0 Å². The van der Waals surface area contributed by atoms with Crippen LogP contribution in [0.1, 0.15) is 90.3 Å². The van der Waals surface area contributed by atoms with Crippen molar-refractivity contribution in [2.45, 2.75) is 99.0 Å². The lowest BCUT2D eigenvalue weighted by Crippen LogP contribution is -2.35. The number of anilines is 1. The molecule has 172 valence electrons. The van der Waals surface area contributed by atoms with Crippen LogP contribution in [0, 0.1) is 23.2 Å². The summed E-state index contributed by atoms with van der Waals surface area (Å²) in [5.41, 5.74) is 8.18. The number of nitrogens with one attached hydrogen (secondary N) is 1. The van der Waals surface area contributed by atoms with Crippen molar-refractivity contribution in [2.75, 3.05) is 18.4 Å². The van der Waals surface area contributed by atoms with E-state index in [1.807, 2.05) is 0 Å². The number of rotatable bonds is 7. The summed E-state index contributed by atoms with van der Waals surface area (Å²) in [5, 5.41) is 4.07. The Balaban J connectivity index is 1.74. The summed E-state index contributed by atoms with van der Waals surface area (Å²) in [7, 11) is 0. The highest BCUT2D eigenvalue weighted by molar-refractivity contribution is 5.65. The summed E-state index contributed by atoms with van der Waals surface area (Å²) in [6.07, 6.45) is 12.8. The molecular weight excluding hydrogens is 376 g/mol. The highest BCUT2D eigenvalue weighted by Crippen LogP contribution is 2.43. The Kier molecular flexibility index (Phi) is 6.75. The Labute approximate surface area is 191 Å². The first kappa shape index (κ1) is 22.7. The van der Waals surface area contributed by atoms with Gasteiger partial charge in [0.05, 0.1) is 0 Å². The summed E-state index contributed by atoms with van der Waals surface area (Å²) in [6, 6.07) is 5.46. The quantitative estimate of drug-likeness (QED) is 0.499. The van der Waals surface area contributed by atoms with E-state index in [1.54, 1.807) is 16.8 Å². The van der Waals surface area contributed by atoms with Crippen LogP contribution in [-0.2, 0) is 19.3 Å². The van der Waals surface area contributed by atoms with Crippen molar-refractivity contribution >= 4 is 5.69 Å². The average Bonchev–Trinajstić information content (AvgIpc) is 3.44. The molecule has 2 heteroatoms. The minimum absolute atomic E-state index is 0.375. The lowest BCUT2D eigenvalue weighted by molar-refractivity contribution is 0.199. The first-order chi connectivity index (χ1) is 14.8. The van der Waals surface area contributed by atoms with Gasteiger partial charge in [0.1, 0.15) is 0 Å². The summed E-state index contributed by atoms with van der Waals surface area (Å²) < 4.78 is 0. The van der Waals surface area contributed by atoms with Gasteiger partial charge in [0.2, 0.25) is 0 Å². The molecule has 3 aliphatic rings. The van der Waals surface area contributed by atoms with Crippen LogP contribution < -0.4 is 5.32 Å². The van der Waals surface area contributed by atoms with Crippen LogP contribution in [-0.4, -0.2) is 24.0 Å². The molecule has 3 atom stereocenters. The molecule has 1 N–H and O–H groups in total. The van der Waals surface area contributed by atoms with Gasteiger partial charge >= 0.3 is 0 Å². The molecule has 2 nitrogen and oxygen atoms in total. The lowest BCUT2D eigenvalue weighted by Gasteiger charge is -2.36.